The van der Waals surface area contributed by atoms with Crippen molar-refractivity contribution in [1.29, 1.82) is 0 Å². The van der Waals surface area contributed by atoms with Crippen molar-refractivity contribution in [3.05, 3.63) is 64.8 Å². The van der Waals surface area contributed by atoms with Crippen molar-refractivity contribution in [2.45, 2.75) is 0 Å². The third-order valence-corrected chi connectivity index (χ3v) is 3.34. The van der Waals surface area contributed by atoms with Gasteiger partial charge >= 0.3 is 0 Å². The fourth-order valence-electron chi connectivity index (χ4n) is 2.36. The van der Waals surface area contributed by atoms with E-state index in [0.29, 0.717) is 27.8 Å². The summed E-state index contributed by atoms with van der Waals surface area (Å²) in [5, 5.41) is 7.58. The van der Waals surface area contributed by atoms with Gasteiger partial charge in [0.1, 0.15) is 16.8 Å². The highest BCUT2D eigenvalue weighted by atomic mass is 16.3. The summed E-state index contributed by atoms with van der Waals surface area (Å²) in [4.78, 5) is 12.4. The highest BCUT2D eigenvalue weighted by Crippen LogP contribution is 2.26. The van der Waals surface area contributed by atoms with Crippen molar-refractivity contribution in [2.75, 3.05) is 0 Å². The third-order valence-electron chi connectivity index (χ3n) is 3.34. The maximum absolute atomic E-state index is 12.4. The molecule has 2 aromatic heterocycles. The molecule has 4 rings (SSSR count). The molecule has 0 spiro atoms. The van der Waals surface area contributed by atoms with Crippen LogP contribution in [0.15, 0.2) is 63.8 Å². The molecule has 0 aliphatic carbocycles. The average Bonchev–Trinajstić information content (AvgIpc) is 2.92. The van der Waals surface area contributed by atoms with Gasteiger partial charge in [-0.25, -0.2) is 0 Å². The first kappa shape index (κ1) is 11.0. The Kier molecular flexibility index (Phi) is 2.23. The summed E-state index contributed by atoms with van der Waals surface area (Å²) in [6.07, 6.45) is 0. The largest absolute Gasteiger partial charge is 0.452 e. The number of aromatic amines is 1. The van der Waals surface area contributed by atoms with Crippen molar-refractivity contribution >= 4 is 22.1 Å². The minimum atomic E-state index is -0.0865. The van der Waals surface area contributed by atoms with Gasteiger partial charge in [-0.05, 0) is 12.1 Å². The van der Waals surface area contributed by atoms with Crippen LogP contribution in [0.4, 0.5) is 0 Å². The number of nitrogens with zero attached hydrogens (tertiary/aromatic N) is 1. The molecular formula is C16H10N2O2. The monoisotopic (exact) mass is 262 g/mol. The van der Waals surface area contributed by atoms with Crippen LogP contribution in [-0.4, -0.2) is 10.2 Å². The van der Waals surface area contributed by atoms with E-state index in [9.17, 15) is 4.79 Å². The Morgan fingerprint density at radius 2 is 1.70 bits per heavy atom. The number of hydrogen-bond acceptors (Lipinski definition) is 3. The first-order chi connectivity index (χ1) is 9.84. The molecule has 0 aliphatic heterocycles. The van der Waals surface area contributed by atoms with E-state index in [0.717, 1.165) is 5.56 Å². The third kappa shape index (κ3) is 1.48. The van der Waals surface area contributed by atoms with Crippen molar-refractivity contribution < 1.29 is 4.42 Å². The predicted octanol–water partition coefficient (Wildman–Crippen LogP) is 3.34. The van der Waals surface area contributed by atoms with E-state index in [-0.39, 0.29) is 5.43 Å². The first-order valence-corrected chi connectivity index (χ1v) is 6.30. The number of hydrogen-bond donors (Lipinski definition) is 1. The Bertz CT molecular complexity index is 968. The smallest absolute Gasteiger partial charge is 0.218 e. The van der Waals surface area contributed by atoms with Crippen LogP contribution in [-0.2, 0) is 0 Å². The molecule has 0 saturated carbocycles. The summed E-state index contributed by atoms with van der Waals surface area (Å²) in [5.41, 5.74) is 2.96. The molecule has 0 radical (unpaired) electrons. The molecule has 0 aliphatic rings. The lowest BCUT2D eigenvalue weighted by Crippen LogP contribution is -2.01. The van der Waals surface area contributed by atoms with Crippen LogP contribution in [0, 0.1) is 0 Å². The van der Waals surface area contributed by atoms with E-state index in [2.05, 4.69) is 10.2 Å². The first-order valence-electron chi connectivity index (χ1n) is 6.30. The Morgan fingerprint density at radius 3 is 2.55 bits per heavy atom. The van der Waals surface area contributed by atoms with E-state index in [1.165, 1.54) is 0 Å². The highest BCUT2D eigenvalue weighted by Gasteiger charge is 2.15. The molecule has 0 atom stereocenters. The van der Waals surface area contributed by atoms with Gasteiger partial charge < -0.3 is 4.42 Å². The molecule has 2 heterocycles. The zero-order chi connectivity index (χ0) is 13.5. The average molecular weight is 262 g/mol. The fraction of sp³-hybridized carbons (Fsp3) is 0. The van der Waals surface area contributed by atoms with Crippen LogP contribution in [0.5, 0.6) is 0 Å². The number of fused-ring (bicyclic) bond motifs is 2. The second-order valence-corrected chi connectivity index (χ2v) is 4.57. The minimum Gasteiger partial charge on any atom is -0.452 e. The maximum Gasteiger partial charge on any atom is 0.218 e. The summed E-state index contributed by atoms with van der Waals surface area (Å²) in [6.45, 7) is 0. The number of benzene rings is 2. The van der Waals surface area contributed by atoms with E-state index in [1.54, 1.807) is 12.1 Å². The van der Waals surface area contributed by atoms with Crippen LogP contribution in [0.25, 0.3) is 33.3 Å². The van der Waals surface area contributed by atoms with Gasteiger partial charge in [0.2, 0.25) is 5.43 Å². The number of aromatic nitrogens is 2. The van der Waals surface area contributed by atoms with Gasteiger partial charge in [0.15, 0.2) is 5.58 Å². The van der Waals surface area contributed by atoms with Crippen LogP contribution in [0.2, 0.25) is 0 Å². The maximum atomic E-state index is 12.4. The van der Waals surface area contributed by atoms with Crippen LogP contribution in [0.1, 0.15) is 0 Å². The SMILES string of the molecule is O=c1c2ccccc2oc2c(-c3ccccc3)n[nH]c12. The normalized spacial score (nSPS) is 11.2. The number of para-hydroxylation sites is 1. The Hall–Kier alpha value is -2.88. The molecule has 0 unspecified atom stereocenters. The zero-order valence-corrected chi connectivity index (χ0v) is 10.5. The van der Waals surface area contributed by atoms with Crippen LogP contribution < -0.4 is 5.43 Å². The quantitative estimate of drug-likeness (QED) is 0.572. The lowest BCUT2D eigenvalue weighted by molar-refractivity contribution is 0.661. The highest BCUT2D eigenvalue weighted by molar-refractivity contribution is 5.94. The molecule has 0 fully saturated rings. The van der Waals surface area contributed by atoms with E-state index < -0.39 is 0 Å². The summed E-state index contributed by atoms with van der Waals surface area (Å²) >= 11 is 0. The summed E-state index contributed by atoms with van der Waals surface area (Å²) in [7, 11) is 0. The Morgan fingerprint density at radius 1 is 0.950 bits per heavy atom. The van der Waals surface area contributed by atoms with Gasteiger partial charge in [0.25, 0.3) is 0 Å². The lowest BCUT2D eigenvalue weighted by atomic mass is 10.1. The van der Waals surface area contributed by atoms with Crippen LogP contribution >= 0.6 is 0 Å². The summed E-state index contributed by atoms with van der Waals surface area (Å²) in [5.74, 6) is 0. The molecule has 20 heavy (non-hydrogen) atoms. The molecule has 2 aromatic carbocycles. The Labute approximate surface area is 113 Å². The van der Waals surface area contributed by atoms with Crippen molar-refractivity contribution in [1.82, 2.24) is 10.2 Å². The molecule has 96 valence electrons. The summed E-state index contributed by atoms with van der Waals surface area (Å²) in [6, 6.07) is 16.9. The van der Waals surface area contributed by atoms with E-state index in [4.69, 9.17) is 4.42 Å². The van der Waals surface area contributed by atoms with Crippen molar-refractivity contribution in [2.24, 2.45) is 0 Å². The number of rotatable bonds is 1. The number of nitrogens with one attached hydrogen (secondary N) is 1. The fourth-order valence-corrected chi connectivity index (χ4v) is 2.36. The zero-order valence-electron chi connectivity index (χ0n) is 10.5. The van der Waals surface area contributed by atoms with Crippen LogP contribution in [0.3, 0.4) is 0 Å². The van der Waals surface area contributed by atoms with Gasteiger partial charge in [0.05, 0.1) is 5.39 Å². The van der Waals surface area contributed by atoms with Gasteiger partial charge in [-0.3, -0.25) is 9.89 Å². The van der Waals surface area contributed by atoms with Gasteiger partial charge in [0, 0.05) is 5.56 Å². The van der Waals surface area contributed by atoms with Gasteiger partial charge in [-0.15, -0.1) is 0 Å². The van der Waals surface area contributed by atoms with Crippen molar-refractivity contribution in [3.63, 3.8) is 0 Å². The predicted molar refractivity (Wildman–Crippen MR) is 77.6 cm³/mol. The van der Waals surface area contributed by atoms with Gasteiger partial charge in [-0.2, -0.15) is 5.10 Å². The molecule has 0 bridgehead atoms. The molecule has 0 amide bonds. The topological polar surface area (TPSA) is 58.9 Å². The molecule has 0 saturated heterocycles. The molecule has 4 heteroatoms. The summed E-state index contributed by atoms with van der Waals surface area (Å²) < 4.78 is 5.86. The van der Waals surface area contributed by atoms with Crippen molar-refractivity contribution in [3.8, 4) is 11.3 Å². The standard InChI is InChI=1S/C16H10N2O2/c19-15-11-8-4-5-9-12(11)20-16-13(17-18-14(15)16)10-6-2-1-3-7-10/h1-9H,(H,17,18). The van der Waals surface area contributed by atoms with E-state index in [1.807, 2.05) is 42.5 Å². The molecule has 4 nitrogen and oxygen atoms in total. The van der Waals surface area contributed by atoms with Gasteiger partial charge in [-0.1, -0.05) is 42.5 Å². The lowest BCUT2D eigenvalue weighted by Gasteiger charge is -1.99. The second-order valence-electron chi connectivity index (χ2n) is 4.57. The Balaban J connectivity index is 2.14. The second kappa shape index (κ2) is 4.06. The molecule has 4 aromatic rings. The van der Waals surface area contributed by atoms with E-state index >= 15 is 0 Å². The molecule has 1 N–H and O–H groups in total. The molecular weight excluding hydrogens is 252 g/mol. The minimum absolute atomic E-state index is 0.0865. The number of H-pyrrole nitrogens is 1.